The van der Waals surface area contributed by atoms with Crippen molar-refractivity contribution in [2.45, 2.75) is 19.6 Å². The Bertz CT molecular complexity index is 704. The summed E-state index contributed by atoms with van der Waals surface area (Å²) in [4.78, 5) is 5.63. The summed E-state index contributed by atoms with van der Waals surface area (Å²) >= 11 is 0. The highest BCUT2D eigenvalue weighted by molar-refractivity contribution is 5.86. The molecule has 0 saturated heterocycles. The van der Waals surface area contributed by atoms with Crippen molar-refractivity contribution in [2.24, 2.45) is 0 Å². The van der Waals surface area contributed by atoms with E-state index in [0.717, 1.165) is 5.56 Å². The van der Waals surface area contributed by atoms with Gasteiger partial charge in [-0.3, -0.25) is 4.84 Å². The van der Waals surface area contributed by atoms with Gasteiger partial charge in [-0.1, -0.05) is 72.8 Å². The minimum absolute atomic E-state index is 0.139. The number of rotatable bonds is 5. The Balaban J connectivity index is 1.68. The molecular weight excluding hydrogens is 258 g/mol. The molecule has 0 bridgehead atoms. The number of benzene rings is 3. The minimum atomic E-state index is 0.139. The van der Waals surface area contributed by atoms with Crippen LogP contribution in [-0.2, 0) is 11.4 Å². The van der Waals surface area contributed by atoms with Crippen LogP contribution in [0.15, 0.2) is 72.8 Å². The monoisotopic (exact) mass is 277 g/mol. The fourth-order valence-corrected chi connectivity index (χ4v) is 2.52. The van der Waals surface area contributed by atoms with E-state index in [1.807, 2.05) is 18.2 Å². The zero-order valence-corrected chi connectivity index (χ0v) is 12.1. The van der Waals surface area contributed by atoms with Crippen LogP contribution in [0.25, 0.3) is 10.8 Å². The van der Waals surface area contributed by atoms with Gasteiger partial charge < -0.3 is 0 Å². The van der Waals surface area contributed by atoms with E-state index in [1.165, 1.54) is 16.3 Å². The molecule has 0 saturated carbocycles. The van der Waals surface area contributed by atoms with Gasteiger partial charge in [-0.05, 0) is 28.8 Å². The summed E-state index contributed by atoms with van der Waals surface area (Å²) in [6, 6.07) is 25.1. The molecule has 106 valence electrons. The molecule has 3 rings (SSSR count). The largest absolute Gasteiger partial charge is 0.296 e. The van der Waals surface area contributed by atoms with Crippen molar-refractivity contribution in [2.75, 3.05) is 0 Å². The molecule has 21 heavy (non-hydrogen) atoms. The van der Waals surface area contributed by atoms with Crippen molar-refractivity contribution in [3.8, 4) is 0 Å². The van der Waals surface area contributed by atoms with Crippen LogP contribution < -0.4 is 5.48 Å². The zero-order chi connectivity index (χ0) is 14.5. The van der Waals surface area contributed by atoms with E-state index >= 15 is 0 Å². The molecule has 0 radical (unpaired) electrons. The van der Waals surface area contributed by atoms with E-state index in [2.05, 4.69) is 67.0 Å². The van der Waals surface area contributed by atoms with Crippen molar-refractivity contribution in [1.82, 2.24) is 5.48 Å². The quantitative estimate of drug-likeness (QED) is 0.687. The second-order valence-electron chi connectivity index (χ2n) is 5.18. The number of nitrogens with one attached hydrogen (secondary N) is 1. The molecular formula is C19H19NO. The van der Waals surface area contributed by atoms with E-state index in [9.17, 15) is 0 Å². The molecule has 3 aromatic rings. The SMILES string of the molecule is CC(NOCc1ccccc1)c1cccc2ccccc12. The van der Waals surface area contributed by atoms with Gasteiger partial charge in [0.25, 0.3) is 0 Å². The number of fused-ring (bicyclic) bond motifs is 1. The van der Waals surface area contributed by atoms with Crippen LogP contribution in [0.1, 0.15) is 24.1 Å². The molecule has 0 aliphatic heterocycles. The van der Waals surface area contributed by atoms with Gasteiger partial charge >= 0.3 is 0 Å². The molecule has 1 unspecified atom stereocenters. The van der Waals surface area contributed by atoms with Gasteiger partial charge in [0, 0.05) is 0 Å². The molecule has 0 aromatic heterocycles. The molecule has 0 heterocycles. The lowest BCUT2D eigenvalue weighted by Crippen LogP contribution is -2.19. The number of hydrogen-bond donors (Lipinski definition) is 1. The summed E-state index contributed by atoms with van der Waals surface area (Å²) < 4.78 is 0. The van der Waals surface area contributed by atoms with Gasteiger partial charge in [-0.2, -0.15) is 5.48 Å². The fourth-order valence-electron chi connectivity index (χ4n) is 2.52. The summed E-state index contributed by atoms with van der Waals surface area (Å²) in [5, 5.41) is 2.52. The van der Waals surface area contributed by atoms with Gasteiger partial charge in [0.1, 0.15) is 0 Å². The highest BCUT2D eigenvalue weighted by atomic mass is 16.6. The van der Waals surface area contributed by atoms with Gasteiger partial charge in [0.2, 0.25) is 0 Å². The van der Waals surface area contributed by atoms with E-state index in [0.29, 0.717) is 6.61 Å². The smallest absolute Gasteiger partial charge is 0.0933 e. The lowest BCUT2D eigenvalue weighted by atomic mass is 10.0. The maximum absolute atomic E-state index is 5.63. The van der Waals surface area contributed by atoms with E-state index in [4.69, 9.17) is 4.84 Å². The van der Waals surface area contributed by atoms with Crippen molar-refractivity contribution in [3.05, 3.63) is 83.9 Å². The molecule has 2 nitrogen and oxygen atoms in total. The Hall–Kier alpha value is -2.16. The average molecular weight is 277 g/mol. The van der Waals surface area contributed by atoms with Crippen LogP contribution in [0, 0.1) is 0 Å². The minimum Gasteiger partial charge on any atom is -0.296 e. The summed E-state index contributed by atoms with van der Waals surface area (Å²) in [5.41, 5.74) is 5.55. The summed E-state index contributed by atoms with van der Waals surface area (Å²) in [6.45, 7) is 2.68. The lowest BCUT2D eigenvalue weighted by Gasteiger charge is -2.16. The molecule has 2 heteroatoms. The van der Waals surface area contributed by atoms with Crippen molar-refractivity contribution in [3.63, 3.8) is 0 Å². The van der Waals surface area contributed by atoms with Crippen LogP contribution in [0.2, 0.25) is 0 Å². The highest BCUT2D eigenvalue weighted by Gasteiger charge is 2.08. The van der Waals surface area contributed by atoms with Crippen LogP contribution in [0.3, 0.4) is 0 Å². The van der Waals surface area contributed by atoms with E-state index < -0.39 is 0 Å². The standard InChI is InChI=1S/C19H19NO/c1-15(20-21-14-16-8-3-2-4-9-16)18-13-7-11-17-10-5-6-12-19(17)18/h2-13,15,20H,14H2,1H3. The Morgan fingerprint density at radius 2 is 1.57 bits per heavy atom. The van der Waals surface area contributed by atoms with Gasteiger partial charge in [-0.25, -0.2) is 0 Å². The van der Waals surface area contributed by atoms with Crippen LogP contribution in [-0.4, -0.2) is 0 Å². The van der Waals surface area contributed by atoms with Gasteiger partial charge in [0.15, 0.2) is 0 Å². The highest BCUT2D eigenvalue weighted by Crippen LogP contribution is 2.24. The van der Waals surface area contributed by atoms with Crippen LogP contribution >= 0.6 is 0 Å². The second-order valence-corrected chi connectivity index (χ2v) is 5.18. The molecule has 0 aliphatic carbocycles. The molecule has 0 spiro atoms. The first-order valence-corrected chi connectivity index (χ1v) is 7.23. The Labute approximate surface area is 125 Å². The maximum atomic E-state index is 5.63. The predicted octanol–water partition coefficient (Wildman–Crippen LogP) is 4.62. The van der Waals surface area contributed by atoms with E-state index in [-0.39, 0.29) is 6.04 Å². The predicted molar refractivity (Wildman–Crippen MR) is 86.7 cm³/mol. The topological polar surface area (TPSA) is 21.3 Å². The molecule has 0 amide bonds. The van der Waals surface area contributed by atoms with Gasteiger partial charge in [-0.15, -0.1) is 0 Å². The fraction of sp³-hybridized carbons (Fsp3) is 0.158. The summed E-state index contributed by atoms with van der Waals surface area (Å²) in [5.74, 6) is 0. The van der Waals surface area contributed by atoms with Crippen LogP contribution in [0.4, 0.5) is 0 Å². The molecule has 0 aliphatic rings. The number of hydrogen-bond acceptors (Lipinski definition) is 2. The Morgan fingerprint density at radius 3 is 2.43 bits per heavy atom. The third-order valence-corrected chi connectivity index (χ3v) is 3.63. The lowest BCUT2D eigenvalue weighted by molar-refractivity contribution is 0.00727. The third-order valence-electron chi connectivity index (χ3n) is 3.63. The van der Waals surface area contributed by atoms with Gasteiger partial charge in [0.05, 0.1) is 12.6 Å². The molecule has 3 aromatic carbocycles. The maximum Gasteiger partial charge on any atom is 0.0933 e. The first-order chi connectivity index (χ1) is 10.3. The van der Waals surface area contributed by atoms with Crippen molar-refractivity contribution >= 4 is 10.8 Å². The molecule has 1 N–H and O–H groups in total. The summed E-state index contributed by atoms with van der Waals surface area (Å²) in [6.07, 6.45) is 0. The van der Waals surface area contributed by atoms with Crippen LogP contribution in [0.5, 0.6) is 0 Å². The zero-order valence-electron chi connectivity index (χ0n) is 12.1. The first kappa shape index (κ1) is 13.8. The average Bonchev–Trinajstić information content (AvgIpc) is 2.55. The Kier molecular flexibility index (Phi) is 4.29. The summed E-state index contributed by atoms with van der Waals surface area (Å²) in [7, 11) is 0. The molecule has 0 fully saturated rings. The second kappa shape index (κ2) is 6.53. The van der Waals surface area contributed by atoms with Crippen molar-refractivity contribution in [1.29, 1.82) is 0 Å². The van der Waals surface area contributed by atoms with E-state index in [1.54, 1.807) is 0 Å². The normalized spacial score (nSPS) is 12.4. The van der Waals surface area contributed by atoms with Crippen molar-refractivity contribution < 1.29 is 4.84 Å². The Morgan fingerprint density at radius 1 is 0.857 bits per heavy atom. The number of hydroxylamine groups is 1. The third kappa shape index (κ3) is 3.30. The first-order valence-electron chi connectivity index (χ1n) is 7.23. The molecule has 1 atom stereocenters.